The molecule has 1 aliphatic heterocycles. The highest BCUT2D eigenvalue weighted by Crippen LogP contribution is 2.21. The van der Waals surface area contributed by atoms with Crippen LogP contribution in [0.5, 0.6) is 0 Å². The van der Waals surface area contributed by atoms with Crippen LogP contribution in [0.25, 0.3) is 0 Å². The van der Waals surface area contributed by atoms with E-state index >= 15 is 0 Å². The van der Waals surface area contributed by atoms with Crippen molar-refractivity contribution in [1.82, 2.24) is 0 Å². The number of aryl methyl sites for hydroxylation is 2. The van der Waals surface area contributed by atoms with Crippen LogP contribution in [0.2, 0.25) is 0 Å². The highest BCUT2D eigenvalue weighted by Gasteiger charge is 2.16. The van der Waals surface area contributed by atoms with E-state index in [1.54, 1.807) is 0 Å². The van der Waals surface area contributed by atoms with Crippen LogP contribution in [-0.4, -0.2) is 12.3 Å². The minimum atomic E-state index is 0.454. The van der Waals surface area contributed by atoms with E-state index in [-0.39, 0.29) is 0 Å². The second kappa shape index (κ2) is 2.96. The van der Waals surface area contributed by atoms with Crippen LogP contribution in [0.15, 0.2) is 12.1 Å². The van der Waals surface area contributed by atoms with Crippen LogP contribution >= 0.6 is 0 Å². The molecular formula is C11H13NO. The lowest BCUT2D eigenvalue weighted by molar-refractivity contribution is 0.151. The summed E-state index contributed by atoms with van der Waals surface area (Å²) in [7, 11) is 0. The third kappa shape index (κ3) is 1.38. The Balaban J connectivity index is 2.63. The molecule has 1 aromatic rings. The maximum absolute atomic E-state index is 7.74. The van der Waals surface area contributed by atoms with Gasteiger partial charge in [-0.1, -0.05) is 11.6 Å². The maximum Gasteiger partial charge on any atom is 0.0891 e. The average Bonchev–Trinajstić information content (AvgIpc) is 2.07. The van der Waals surface area contributed by atoms with Crippen LogP contribution < -0.4 is 0 Å². The molecule has 1 aliphatic rings. The van der Waals surface area contributed by atoms with Crippen molar-refractivity contribution in [2.24, 2.45) is 0 Å². The highest BCUT2D eigenvalue weighted by molar-refractivity contribution is 6.01. The number of hydrogen-bond donors (Lipinski definition) is 1. The topological polar surface area (TPSA) is 33.1 Å². The van der Waals surface area contributed by atoms with E-state index in [2.05, 4.69) is 26.0 Å². The van der Waals surface area contributed by atoms with Crippen molar-refractivity contribution >= 4 is 5.71 Å². The summed E-state index contributed by atoms with van der Waals surface area (Å²) in [5.41, 5.74) is 5.32. The van der Waals surface area contributed by atoms with Crippen molar-refractivity contribution in [1.29, 1.82) is 5.41 Å². The normalized spacial score (nSPS) is 15.7. The Labute approximate surface area is 78.0 Å². The molecule has 0 unspecified atom stereocenters. The van der Waals surface area contributed by atoms with Crippen LogP contribution in [-0.2, 0) is 11.3 Å². The quantitative estimate of drug-likeness (QED) is 0.644. The van der Waals surface area contributed by atoms with Gasteiger partial charge in [-0.15, -0.1) is 0 Å². The Hall–Kier alpha value is -1.15. The summed E-state index contributed by atoms with van der Waals surface area (Å²) in [4.78, 5) is 0. The van der Waals surface area contributed by atoms with E-state index in [1.165, 1.54) is 16.7 Å². The molecule has 0 radical (unpaired) electrons. The SMILES string of the molecule is Cc1cc(C)c2c(c1)C(=N)COC2. The molecule has 0 fully saturated rings. The number of benzene rings is 1. The molecule has 0 saturated heterocycles. The molecule has 2 nitrogen and oxygen atoms in total. The molecule has 0 spiro atoms. The monoisotopic (exact) mass is 175 g/mol. The summed E-state index contributed by atoms with van der Waals surface area (Å²) in [6.45, 7) is 5.25. The number of nitrogens with one attached hydrogen (secondary N) is 1. The van der Waals surface area contributed by atoms with Crippen LogP contribution in [0.1, 0.15) is 22.3 Å². The lowest BCUT2D eigenvalue weighted by Gasteiger charge is -2.20. The predicted octanol–water partition coefficient (Wildman–Crippen LogP) is 2.20. The van der Waals surface area contributed by atoms with Gasteiger partial charge in [-0.3, -0.25) is 0 Å². The number of hydrogen-bond acceptors (Lipinski definition) is 2. The summed E-state index contributed by atoms with van der Waals surface area (Å²) < 4.78 is 5.30. The van der Waals surface area contributed by atoms with Crippen molar-refractivity contribution in [3.63, 3.8) is 0 Å². The fourth-order valence-electron chi connectivity index (χ4n) is 1.79. The van der Waals surface area contributed by atoms with E-state index in [1.807, 2.05) is 0 Å². The number of rotatable bonds is 0. The van der Waals surface area contributed by atoms with Crippen molar-refractivity contribution in [3.05, 3.63) is 34.4 Å². The molecule has 2 heteroatoms. The van der Waals surface area contributed by atoms with Crippen molar-refractivity contribution < 1.29 is 4.74 Å². The van der Waals surface area contributed by atoms with Crippen LogP contribution in [0.3, 0.4) is 0 Å². The van der Waals surface area contributed by atoms with Gasteiger partial charge >= 0.3 is 0 Å². The minimum Gasteiger partial charge on any atom is -0.370 e. The standard InChI is InChI=1S/C11H13NO/c1-7-3-8(2)10-5-13-6-11(12)9(10)4-7/h3-4,12H,5-6H2,1-2H3. The molecule has 0 amide bonds. The summed E-state index contributed by atoms with van der Waals surface area (Å²) >= 11 is 0. The molecule has 0 bridgehead atoms. The summed E-state index contributed by atoms with van der Waals surface area (Å²) in [6, 6.07) is 4.22. The van der Waals surface area contributed by atoms with Gasteiger partial charge in [0.2, 0.25) is 0 Å². The largest absolute Gasteiger partial charge is 0.370 e. The van der Waals surface area contributed by atoms with Gasteiger partial charge in [-0.05, 0) is 31.0 Å². The Morgan fingerprint density at radius 2 is 2.00 bits per heavy atom. The van der Waals surface area contributed by atoms with Gasteiger partial charge in [0.05, 0.1) is 18.9 Å². The Kier molecular flexibility index (Phi) is 1.93. The van der Waals surface area contributed by atoms with Gasteiger partial charge in [0.25, 0.3) is 0 Å². The van der Waals surface area contributed by atoms with E-state index in [0.717, 1.165) is 5.56 Å². The second-order valence-electron chi connectivity index (χ2n) is 3.58. The van der Waals surface area contributed by atoms with Crippen LogP contribution in [0.4, 0.5) is 0 Å². The zero-order valence-electron chi connectivity index (χ0n) is 7.98. The lowest BCUT2D eigenvalue weighted by Crippen LogP contribution is -2.19. The van der Waals surface area contributed by atoms with Crippen molar-refractivity contribution in [2.45, 2.75) is 20.5 Å². The first kappa shape index (κ1) is 8.45. The molecule has 0 atom stereocenters. The molecule has 0 aliphatic carbocycles. The van der Waals surface area contributed by atoms with E-state index in [0.29, 0.717) is 18.9 Å². The number of ether oxygens (including phenoxy) is 1. The first-order valence-electron chi connectivity index (χ1n) is 4.44. The van der Waals surface area contributed by atoms with E-state index in [9.17, 15) is 0 Å². The second-order valence-corrected chi connectivity index (χ2v) is 3.58. The molecular weight excluding hydrogens is 162 g/mol. The molecule has 0 aromatic heterocycles. The van der Waals surface area contributed by atoms with Gasteiger partial charge in [-0.25, -0.2) is 0 Å². The molecule has 0 saturated carbocycles. The predicted molar refractivity (Wildman–Crippen MR) is 52.4 cm³/mol. The molecule has 13 heavy (non-hydrogen) atoms. The first-order chi connectivity index (χ1) is 6.18. The molecule has 1 aromatic carbocycles. The van der Waals surface area contributed by atoms with E-state index < -0.39 is 0 Å². The van der Waals surface area contributed by atoms with E-state index in [4.69, 9.17) is 10.1 Å². The third-order valence-corrected chi connectivity index (χ3v) is 2.44. The zero-order chi connectivity index (χ0) is 9.42. The highest BCUT2D eigenvalue weighted by atomic mass is 16.5. The van der Waals surface area contributed by atoms with Gasteiger partial charge in [0.15, 0.2) is 0 Å². The fraction of sp³-hybridized carbons (Fsp3) is 0.364. The molecule has 68 valence electrons. The average molecular weight is 175 g/mol. The van der Waals surface area contributed by atoms with Gasteiger partial charge in [0.1, 0.15) is 0 Å². The summed E-state index contributed by atoms with van der Waals surface area (Å²) in [5, 5.41) is 7.74. The van der Waals surface area contributed by atoms with Crippen molar-refractivity contribution in [3.8, 4) is 0 Å². The zero-order valence-corrected chi connectivity index (χ0v) is 7.98. The Morgan fingerprint density at radius 3 is 2.77 bits per heavy atom. The summed E-state index contributed by atoms with van der Waals surface area (Å²) in [5.74, 6) is 0. The molecule has 2 rings (SSSR count). The number of fused-ring (bicyclic) bond motifs is 1. The Morgan fingerprint density at radius 1 is 1.23 bits per heavy atom. The molecule has 1 heterocycles. The van der Waals surface area contributed by atoms with Crippen LogP contribution in [0, 0.1) is 19.3 Å². The minimum absolute atomic E-state index is 0.454. The van der Waals surface area contributed by atoms with Gasteiger partial charge in [-0.2, -0.15) is 0 Å². The third-order valence-electron chi connectivity index (χ3n) is 2.44. The van der Waals surface area contributed by atoms with Gasteiger partial charge in [0, 0.05) is 5.56 Å². The lowest BCUT2D eigenvalue weighted by atomic mass is 9.95. The maximum atomic E-state index is 7.74. The smallest absolute Gasteiger partial charge is 0.0891 e. The Bertz CT molecular complexity index is 369. The van der Waals surface area contributed by atoms with Gasteiger partial charge < -0.3 is 10.1 Å². The first-order valence-corrected chi connectivity index (χ1v) is 4.44. The summed E-state index contributed by atoms with van der Waals surface area (Å²) in [6.07, 6.45) is 0. The fourth-order valence-corrected chi connectivity index (χ4v) is 1.79. The molecule has 1 N–H and O–H groups in total. The van der Waals surface area contributed by atoms with Crippen molar-refractivity contribution in [2.75, 3.05) is 6.61 Å².